The van der Waals surface area contributed by atoms with Crippen molar-refractivity contribution in [3.63, 3.8) is 0 Å². The molecule has 1 aromatic heterocycles. The van der Waals surface area contributed by atoms with Gasteiger partial charge in [-0.3, -0.25) is 4.79 Å². The third kappa shape index (κ3) is 3.57. The van der Waals surface area contributed by atoms with Gasteiger partial charge in [-0.1, -0.05) is 0 Å². The van der Waals surface area contributed by atoms with Crippen LogP contribution in [-0.4, -0.2) is 23.6 Å². The van der Waals surface area contributed by atoms with Crippen LogP contribution in [0.2, 0.25) is 0 Å². The summed E-state index contributed by atoms with van der Waals surface area (Å²) in [6, 6.07) is 7.95. The molecular weight excluding hydrogens is 298 g/mol. The van der Waals surface area contributed by atoms with E-state index in [9.17, 15) is 4.79 Å². The molecule has 0 radical (unpaired) electrons. The number of hydrogen-bond acceptors (Lipinski definition) is 4. The van der Waals surface area contributed by atoms with Crippen molar-refractivity contribution in [1.82, 2.24) is 9.88 Å². The largest absolute Gasteiger partial charge is 0.497 e. The van der Waals surface area contributed by atoms with Crippen LogP contribution in [0.4, 0.5) is 5.69 Å². The summed E-state index contributed by atoms with van der Waals surface area (Å²) in [4.78, 5) is 17.5. The fraction of sp³-hybridized carbons (Fsp3) is 0.375. The molecule has 116 valence electrons. The highest BCUT2D eigenvalue weighted by molar-refractivity contribution is 7.07. The van der Waals surface area contributed by atoms with E-state index in [1.165, 1.54) is 0 Å². The lowest BCUT2D eigenvalue weighted by molar-refractivity contribution is -0.121. The summed E-state index contributed by atoms with van der Waals surface area (Å²) in [6.45, 7) is 2.31. The van der Waals surface area contributed by atoms with Crippen molar-refractivity contribution in [2.24, 2.45) is 4.99 Å². The lowest BCUT2D eigenvalue weighted by atomic mass is 10.3. The molecule has 0 spiro atoms. The molecule has 1 aromatic carbocycles. The van der Waals surface area contributed by atoms with Crippen LogP contribution in [0.1, 0.15) is 18.5 Å². The third-order valence-corrected chi connectivity index (χ3v) is 4.51. The van der Waals surface area contributed by atoms with Crippen LogP contribution < -0.4 is 14.9 Å². The Bertz CT molecular complexity index is 727. The lowest BCUT2D eigenvalue weighted by Crippen LogP contribution is -2.32. The maximum absolute atomic E-state index is 12.0. The average Bonchev–Trinajstić information content (AvgIpc) is 3.27. The minimum atomic E-state index is 0.0557. The molecule has 1 heterocycles. The third-order valence-electron chi connectivity index (χ3n) is 3.53. The van der Waals surface area contributed by atoms with Gasteiger partial charge in [0, 0.05) is 17.1 Å². The van der Waals surface area contributed by atoms with E-state index >= 15 is 0 Å². The fourth-order valence-electron chi connectivity index (χ4n) is 2.11. The standard InChI is InChI=1S/C16H19N3O2S/c1-11-10-22-16(18-13-5-7-14(21-2)8-6-13)19(11)9-15(20)17-12-3-4-12/h5-8,10,12H,3-4,9H2,1-2H3,(H,17,20). The second-order valence-electron chi connectivity index (χ2n) is 5.40. The molecule has 6 heteroatoms. The van der Waals surface area contributed by atoms with Gasteiger partial charge in [-0.15, -0.1) is 11.3 Å². The Hall–Kier alpha value is -2.08. The van der Waals surface area contributed by atoms with E-state index in [-0.39, 0.29) is 5.91 Å². The van der Waals surface area contributed by atoms with E-state index in [4.69, 9.17) is 4.74 Å². The minimum absolute atomic E-state index is 0.0557. The van der Waals surface area contributed by atoms with Gasteiger partial charge in [-0.25, -0.2) is 4.99 Å². The molecule has 1 saturated carbocycles. The number of nitrogens with one attached hydrogen (secondary N) is 1. The highest BCUT2D eigenvalue weighted by atomic mass is 32.1. The predicted molar refractivity (Wildman–Crippen MR) is 86.4 cm³/mol. The summed E-state index contributed by atoms with van der Waals surface area (Å²) in [6.07, 6.45) is 2.20. The first kappa shape index (κ1) is 14.8. The Balaban J connectivity index is 1.83. The Labute approximate surface area is 133 Å². The molecule has 5 nitrogen and oxygen atoms in total. The van der Waals surface area contributed by atoms with Crippen LogP contribution in [0.15, 0.2) is 34.6 Å². The summed E-state index contributed by atoms with van der Waals surface area (Å²) >= 11 is 1.54. The summed E-state index contributed by atoms with van der Waals surface area (Å²) in [5, 5.41) is 5.03. The van der Waals surface area contributed by atoms with Crippen molar-refractivity contribution in [3.8, 4) is 5.75 Å². The number of carbonyl (C=O) groups excluding carboxylic acids is 1. The van der Waals surface area contributed by atoms with E-state index in [1.54, 1.807) is 18.4 Å². The second kappa shape index (κ2) is 6.36. The number of aromatic nitrogens is 1. The van der Waals surface area contributed by atoms with Crippen LogP contribution in [0.5, 0.6) is 5.75 Å². The van der Waals surface area contributed by atoms with Crippen LogP contribution in [-0.2, 0) is 11.3 Å². The molecule has 0 atom stereocenters. The summed E-state index contributed by atoms with van der Waals surface area (Å²) in [5.74, 6) is 0.859. The lowest BCUT2D eigenvalue weighted by Gasteiger charge is -2.06. The molecule has 0 unspecified atom stereocenters. The number of thiazole rings is 1. The van der Waals surface area contributed by atoms with Crippen molar-refractivity contribution in [3.05, 3.63) is 40.1 Å². The van der Waals surface area contributed by atoms with Crippen LogP contribution in [0.3, 0.4) is 0 Å². The molecule has 1 amide bonds. The number of ether oxygens (including phenoxy) is 1. The molecule has 0 aliphatic heterocycles. The van der Waals surface area contributed by atoms with Crippen molar-refractivity contribution in [2.45, 2.75) is 32.4 Å². The number of carbonyl (C=O) groups is 1. The molecule has 0 saturated heterocycles. The van der Waals surface area contributed by atoms with Gasteiger partial charge in [0.15, 0.2) is 4.80 Å². The van der Waals surface area contributed by atoms with Gasteiger partial charge in [-0.2, -0.15) is 0 Å². The molecule has 1 aliphatic carbocycles. The highest BCUT2D eigenvalue weighted by Gasteiger charge is 2.23. The van der Waals surface area contributed by atoms with Crippen molar-refractivity contribution in [1.29, 1.82) is 0 Å². The van der Waals surface area contributed by atoms with Crippen molar-refractivity contribution >= 4 is 22.9 Å². The molecule has 1 aliphatic rings. The van der Waals surface area contributed by atoms with E-state index in [1.807, 2.05) is 41.1 Å². The zero-order chi connectivity index (χ0) is 15.5. The summed E-state index contributed by atoms with van der Waals surface area (Å²) in [5.41, 5.74) is 1.89. The molecule has 1 N–H and O–H groups in total. The normalized spacial score (nSPS) is 14.9. The number of methoxy groups -OCH3 is 1. The Morgan fingerprint density at radius 3 is 2.77 bits per heavy atom. The van der Waals surface area contributed by atoms with Gasteiger partial charge in [0.1, 0.15) is 12.3 Å². The number of amides is 1. The summed E-state index contributed by atoms with van der Waals surface area (Å²) in [7, 11) is 1.64. The molecular formula is C16H19N3O2S. The maximum Gasteiger partial charge on any atom is 0.240 e. The highest BCUT2D eigenvalue weighted by Crippen LogP contribution is 2.19. The van der Waals surface area contributed by atoms with Gasteiger partial charge in [0.2, 0.25) is 5.91 Å². The van der Waals surface area contributed by atoms with E-state index in [2.05, 4.69) is 10.3 Å². The van der Waals surface area contributed by atoms with Crippen molar-refractivity contribution < 1.29 is 9.53 Å². The van der Waals surface area contributed by atoms with Gasteiger partial charge < -0.3 is 14.6 Å². The minimum Gasteiger partial charge on any atom is -0.497 e. The number of benzene rings is 1. The fourth-order valence-corrected chi connectivity index (χ4v) is 3.00. The first-order valence-electron chi connectivity index (χ1n) is 7.29. The van der Waals surface area contributed by atoms with E-state index in [0.29, 0.717) is 12.6 Å². The SMILES string of the molecule is COc1ccc(N=c2scc(C)n2CC(=O)NC2CC2)cc1. The van der Waals surface area contributed by atoms with E-state index in [0.717, 1.165) is 34.8 Å². The van der Waals surface area contributed by atoms with Gasteiger partial charge in [0.25, 0.3) is 0 Å². The number of aryl methyl sites for hydroxylation is 1. The van der Waals surface area contributed by atoms with Crippen LogP contribution >= 0.6 is 11.3 Å². The first-order valence-corrected chi connectivity index (χ1v) is 8.17. The van der Waals surface area contributed by atoms with Gasteiger partial charge in [0.05, 0.1) is 12.8 Å². The zero-order valence-corrected chi connectivity index (χ0v) is 13.5. The molecule has 3 rings (SSSR count). The van der Waals surface area contributed by atoms with Crippen molar-refractivity contribution in [2.75, 3.05) is 7.11 Å². The topological polar surface area (TPSA) is 55.6 Å². The Morgan fingerprint density at radius 1 is 1.41 bits per heavy atom. The van der Waals surface area contributed by atoms with E-state index < -0.39 is 0 Å². The van der Waals surface area contributed by atoms with Crippen LogP contribution in [0.25, 0.3) is 0 Å². The maximum atomic E-state index is 12.0. The van der Waals surface area contributed by atoms with Gasteiger partial charge in [-0.05, 0) is 44.0 Å². The predicted octanol–water partition coefficient (Wildman–Crippen LogP) is 2.38. The number of nitrogens with zero attached hydrogens (tertiary/aromatic N) is 2. The second-order valence-corrected chi connectivity index (χ2v) is 6.23. The van der Waals surface area contributed by atoms with Gasteiger partial charge >= 0.3 is 0 Å². The Kier molecular flexibility index (Phi) is 4.29. The molecule has 0 bridgehead atoms. The number of rotatable bonds is 5. The Morgan fingerprint density at radius 2 is 2.14 bits per heavy atom. The summed E-state index contributed by atoms with van der Waals surface area (Å²) < 4.78 is 7.10. The van der Waals surface area contributed by atoms with Crippen LogP contribution in [0, 0.1) is 6.92 Å². The monoisotopic (exact) mass is 317 g/mol. The quantitative estimate of drug-likeness (QED) is 0.920. The zero-order valence-electron chi connectivity index (χ0n) is 12.7. The molecule has 22 heavy (non-hydrogen) atoms. The average molecular weight is 317 g/mol. The molecule has 2 aromatic rings. The molecule has 1 fully saturated rings. The smallest absolute Gasteiger partial charge is 0.240 e. The first-order chi connectivity index (χ1) is 10.7. The number of hydrogen-bond donors (Lipinski definition) is 1.